The van der Waals surface area contributed by atoms with E-state index in [0.717, 1.165) is 11.1 Å². The largest absolute Gasteiger partial charge is 0.493 e. The van der Waals surface area contributed by atoms with Crippen LogP contribution in [0.3, 0.4) is 0 Å². The first kappa shape index (κ1) is 24.5. The zero-order valence-electron chi connectivity index (χ0n) is 20.0. The van der Waals surface area contributed by atoms with Gasteiger partial charge in [-0.05, 0) is 54.7 Å². The van der Waals surface area contributed by atoms with E-state index in [2.05, 4.69) is 0 Å². The summed E-state index contributed by atoms with van der Waals surface area (Å²) in [5, 5.41) is 9.78. The summed E-state index contributed by atoms with van der Waals surface area (Å²) in [7, 11) is 7.87. The number of rotatable bonds is 11. The topological polar surface area (TPSA) is 86.7 Å². The Balaban J connectivity index is 1.85. The lowest BCUT2D eigenvalue weighted by molar-refractivity contribution is -0.137. The molecule has 0 radical (unpaired) electrons. The standard InChI is InChI=1S/C25H33NO7/c1-29-19-7-6-17(12-20(19)30-2)15-25(9-11-27)8-10-26(24(25)28)16-18-13-21(31-3)23(33-5)22(14-18)32-4/h6-7,12-14,27H,8-11,15-16H2,1-5H3. The van der Waals surface area contributed by atoms with E-state index in [4.69, 9.17) is 23.7 Å². The van der Waals surface area contributed by atoms with Crippen molar-refractivity contribution in [3.8, 4) is 28.7 Å². The fraction of sp³-hybridized carbons (Fsp3) is 0.480. The fourth-order valence-corrected chi connectivity index (χ4v) is 4.57. The van der Waals surface area contributed by atoms with Crippen molar-refractivity contribution in [2.75, 3.05) is 48.7 Å². The summed E-state index contributed by atoms with van der Waals surface area (Å²) < 4.78 is 27.0. The minimum Gasteiger partial charge on any atom is -0.493 e. The lowest BCUT2D eigenvalue weighted by Crippen LogP contribution is -2.36. The zero-order chi connectivity index (χ0) is 24.0. The molecule has 0 aliphatic carbocycles. The highest BCUT2D eigenvalue weighted by Crippen LogP contribution is 2.42. The van der Waals surface area contributed by atoms with E-state index in [9.17, 15) is 9.90 Å². The summed E-state index contributed by atoms with van der Waals surface area (Å²) >= 11 is 0. The number of hydrogen-bond donors (Lipinski definition) is 1. The van der Waals surface area contributed by atoms with Crippen molar-refractivity contribution in [3.63, 3.8) is 0 Å². The second-order valence-corrected chi connectivity index (χ2v) is 8.13. The zero-order valence-corrected chi connectivity index (χ0v) is 20.0. The Kier molecular flexibility index (Phi) is 7.92. The summed E-state index contributed by atoms with van der Waals surface area (Å²) in [5.41, 5.74) is 1.17. The third kappa shape index (κ3) is 4.95. The third-order valence-electron chi connectivity index (χ3n) is 6.28. The van der Waals surface area contributed by atoms with Gasteiger partial charge in [-0.25, -0.2) is 0 Å². The Morgan fingerprint density at radius 1 is 0.848 bits per heavy atom. The average Bonchev–Trinajstić information content (AvgIpc) is 3.13. The lowest BCUT2D eigenvalue weighted by atomic mass is 9.77. The Labute approximate surface area is 195 Å². The van der Waals surface area contributed by atoms with Crippen LogP contribution < -0.4 is 23.7 Å². The van der Waals surface area contributed by atoms with Crippen LogP contribution in [0.5, 0.6) is 28.7 Å². The van der Waals surface area contributed by atoms with Crippen molar-refractivity contribution in [1.82, 2.24) is 4.90 Å². The molecule has 0 bridgehead atoms. The molecule has 0 spiro atoms. The molecule has 1 fully saturated rings. The van der Waals surface area contributed by atoms with Crippen LogP contribution in [0.4, 0.5) is 0 Å². The van der Waals surface area contributed by atoms with E-state index in [1.807, 2.05) is 35.2 Å². The number of nitrogens with zero attached hydrogens (tertiary/aromatic N) is 1. The smallest absolute Gasteiger partial charge is 0.229 e. The van der Waals surface area contributed by atoms with Gasteiger partial charge in [-0.1, -0.05) is 6.07 Å². The van der Waals surface area contributed by atoms with Gasteiger partial charge in [-0.3, -0.25) is 4.79 Å². The summed E-state index contributed by atoms with van der Waals surface area (Å²) in [4.78, 5) is 15.4. The molecular weight excluding hydrogens is 426 g/mol. The van der Waals surface area contributed by atoms with Gasteiger partial charge in [0.15, 0.2) is 23.0 Å². The summed E-state index contributed by atoms with van der Waals surface area (Å²) in [5.74, 6) is 2.89. The van der Waals surface area contributed by atoms with Crippen molar-refractivity contribution in [1.29, 1.82) is 0 Å². The van der Waals surface area contributed by atoms with Gasteiger partial charge in [0.05, 0.1) is 41.0 Å². The van der Waals surface area contributed by atoms with Crippen LogP contribution in [-0.4, -0.2) is 64.6 Å². The highest BCUT2D eigenvalue weighted by atomic mass is 16.5. The van der Waals surface area contributed by atoms with Crippen molar-refractivity contribution < 1.29 is 33.6 Å². The van der Waals surface area contributed by atoms with E-state index in [1.54, 1.807) is 35.5 Å². The van der Waals surface area contributed by atoms with E-state index in [0.29, 0.717) is 61.1 Å². The van der Waals surface area contributed by atoms with Crippen LogP contribution in [0.15, 0.2) is 30.3 Å². The van der Waals surface area contributed by atoms with Gasteiger partial charge in [0.25, 0.3) is 0 Å². The quantitative estimate of drug-likeness (QED) is 0.553. The van der Waals surface area contributed by atoms with Crippen molar-refractivity contribution >= 4 is 5.91 Å². The van der Waals surface area contributed by atoms with E-state index >= 15 is 0 Å². The second kappa shape index (κ2) is 10.7. The first-order valence-corrected chi connectivity index (χ1v) is 10.8. The number of hydrogen-bond acceptors (Lipinski definition) is 7. The SMILES string of the molecule is COc1ccc(CC2(CCO)CCN(Cc3cc(OC)c(OC)c(OC)c3)C2=O)cc1OC. The maximum atomic E-state index is 13.6. The second-order valence-electron chi connectivity index (χ2n) is 8.13. The van der Waals surface area contributed by atoms with Crippen LogP contribution in [0, 0.1) is 5.41 Å². The maximum Gasteiger partial charge on any atom is 0.229 e. The number of benzene rings is 2. The van der Waals surface area contributed by atoms with Crippen LogP contribution in [0.2, 0.25) is 0 Å². The molecule has 1 N–H and O–H groups in total. The first-order valence-electron chi connectivity index (χ1n) is 10.8. The number of carbonyl (C=O) groups excluding carboxylic acids is 1. The minimum atomic E-state index is -0.672. The number of likely N-dealkylation sites (tertiary alicyclic amines) is 1. The number of aliphatic hydroxyl groups excluding tert-OH is 1. The van der Waals surface area contributed by atoms with Gasteiger partial charge in [0, 0.05) is 19.7 Å². The Morgan fingerprint density at radius 3 is 2.00 bits per heavy atom. The Morgan fingerprint density at radius 2 is 1.45 bits per heavy atom. The van der Waals surface area contributed by atoms with Gasteiger partial charge < -0.3 is 33.7 Å². The van der Waals surface area contributed by atoms with Crippen LogP contribution in [0.1, 0.15) is 24.0 Å². The van der Waals surface area contributed by atoms with Gasteiger partial charge in [0.1, 0.15) is 0 Å². The molecule has 1 aliphatic heterocycles. The van der Waals surface area contributed by atoms with Crippen molar-refractivity contribution in [2.45, 2.75) is 25.8 Å². The molecule has 2 aromatic carbocycles. The van der Waals surface area contributed by atoms with Crippen LogP contribution >= 0.6 is 0 Å². The molecule has 33 heavy (non-hydrogen) atoms. The number of carbonyl (C=O) groups is 1. The van der Waals surface area contributed by atoms with Gasteiger partial charge >= 0.3 is 0 Å². The monoisotopic (exact) mass is 459 g/mol. The molecule has 1 atom stereocenters. The number of aliphatic hydroxyl groups is 1. The lowest BCUT2D eigenvalue weighted by Gasteiger charge is -2.28. The third-order valence-corrected chi connectivity index (χ3v) is 6.28. The summed E-state index contributed by atoms with van der Waals surface area (Å²) in [6.07, 6.45) is 1.57. The highest BCUT2D eigenvalue weighted by Gasteiger charge is 2.46. The van der Waals surface area contributed by atoms with Crippen LogP contribution in [0.25, 0.3) is 0 Å². The molecule has 2 aromatic rings. The molecule has 3 rings (SSSR count). The average molecular weight is 460 g/mol. The minimum absolute atomic E-state index is 0.0279. The molecule has 1 saturated heterocycles. The molecule has 1 aliphatic rings. The van der Waals surface area contributed by atoms with Gasteiger partial charge in [-0.15, -0.1) is 0 Å². The molecule has 0 aromatic heterocycles. The van der Waals surface area contributed by atoms with Crippen molar-refractivity contribution in [3.05, 3.63) is 41.5 Å². The molecule has 180 valence electrons. The normalized spacial score (nSPS) is 17.8. The fourth-order valence-electron chi connectivity index (χ4n) is 4.57. The van der Waals surface area contributed by atoms with Crippen molar-refractivity contribution in [2.24, 2.45) is 5.41 Å². The van der Waals surface area contributed by atoms with Crippen LogP contribution in [-0.2, 0) is 17.8 Å². The number of amides is 1. The highest BCUT2D eigenvalue weighted by molar-refractivity contribution is 5.85. The molecule has 8 heteroatoms. The number of ether oxygens (including phenoxy) is 5. The summed E-state index contributed by atoms with van der Waals surface area (Å²) in [6.45, 7) is 0.953. The molecule has 1 unspecified atom stereocenters. The van der Waals surface area contributed by atoms with E-state index in [1.165, 1.54) is 0 Å². The van der Waals surface area contributed by atoms with E-state index < -0.39 is 5.41 Å². The molecular formula is C25H33NO7. The predicted octanol–water partition coefficient (Wildman–Crippen LogP) is 3.07. The molecule has 0 saturated carbocycles. The maximum absolute atomic E-state index is 13.6. The first-order chi connectivity index (χ1) is 15.9. The van der Waals surface area contributed by atoms with E-state index in [-0.39, 0.29) is 12.5 Å². The number of methoxy groups -OCH3 is 5. The molecule has 8 nitrogen and oxygen atoms in total. The van der Waals surface area contributed by atoms with Gasteiger partial charge in [0.2, 0.25) is 11.7 Å². The predicted molar refractivity (Wildman–Crippen MR) is 124 cm³/mol. The summed E-state index contributed by atoms with van der Waals surface area (Å²) in [6, 6.07) is 9.39. The molecule has 1 amide bonds. The Hall–Kier alpha value is -3.13. The Bertz CT molecular complexity index is 952. The molecule has 1 heterocycles. The van der Waals surface area contributed by atoms with Gasteiger partial charge in [-0.2, -0.15) is 0 Å².